The maximum absolute atomic E-state index is 11.8. The van der Waals surface area contributed by atoms with Crippen molar-refractivity contribution in [3.05, 3.63) is 46.2 Å². The average Bonchev–Trinajstić information content (AvgIpc) is 2.86. The fourth-order valence-electron chi connectivity index (χ4n) is 1.59. The summed E-state index contributed by atoms with van der Waals surface area (Å²) in [5.74, 6) is 0.435. The van der Waals surface area contributed by atoms with Crippen LogP contribution in [0.2, 0.25) is 0 Å². The third kappa shape index (κ3) is 4.13. The molecule has 0 saturated heterocycles. The van der Waals surface area contributed by atoms with Gasteiger partial charge < -0.3 is 5.32 Å². The normalized spacial score (nSPS) is 10.7. The number of hydrogen-bond donors (Lipinski definition) is 1. The molecule has 0 saturated carbocycles. The summed E-state index contributed by atoms with van der Waals surface area (Å²) in [5, 5.41) is 5.89. The van der Waals surface area contributed by atoms with Gasteiger partial charge in [0.2, 0.25) is 5.91 Å². The van der Waals surface area contributed by atoms with Crippen molar-refractivity contribution in [1.82, 2.24) is 15.3 Å². The molecule has 0 aromatic carbocycles. The summed E-state index contributed by atoms with van der Waals surface area (Å²) in [6.07, 6.45) is 3.77. The van der Waals surface area contributed by atoms with Crippen molar-refractivity contribution in [1.29, 1.82) is 0 Å². The van der Waals surface area contributed by atoms with Crippen molar-refractivity contribution in [2.24, 2.45) is 0 Å². The van der Waals surface area contributed by atoms with Gasteiger partial charge in [-0.2, -0.15) is 0 Å². The van der Waals surface area contributed by atoms with Gasteiger partial charge in [0.1, 0.15) is 5.01 Å². The third-order valence-corrected chi connectivity index (χ3v) is 3.58. The molecule has 19 heavy (non-hydrogen) atoms. The van der Waals surface area contributed by atoms with Crippen LogP contribution in [-0.2, 0) is 17.8 Å². The minimum absolute atomic E-state index is 0.00694. The first-order chi connectivity index (χ1) is 9.15. The summed E-state index contributed by atoms with van der Waals surface area (Å²) in [6, 6.07) is 3.69. The van der Waals surface area contributed by atoms with Gasteiger partial charge in [0.15, 0.2) is 0 Å². The number of carbonyl (C=O) groups excluding carboxylic acids is 1. The van der Waals surface area contributed by atoms with E-state index in [0.717, 1.165) is 16.3 Å². The van der Waals surface area contributed by atoms with E-state index in [4.69, 9.17) is 0 Å². The second-order valence-corrected chi connectivity index (χ2v) is 5.57. The summed E-state index contributed by atoms with van der Waals surface area (Å²) in [4.78, 5) is 20.2. The summed E-state index contributed by atoms with van der Waals surface area (Å²) < 4.78 is 0. The lowest BCUT2D eigenvalue weighted by molar-refractivity contribution is -0.120. The molecule has 0 radical (unpaired) electrons. The molecule has 0 bridgehead atoms. The Labute approximate surface area is 116 Å². The second kappa shape index (κ2) is 6.43. The first-order valence-electron chi connectivity index (χ1n) is 6.25. The van der Waals surface area contributed by atoms with Crippen LogP contribution < -0.4 is 5.32 Å². The molecule has 4 nitrogen and oxygen atoms in total. The zero-order valence-corrected chi connectivity index (χ0v) is 11.9. The average molecular weight is 275 g/mol. The molecular weight excluding hydrogens is 258 g/mol. The fraction of sp³-hybridized carbons (Fsp3) is 0.357. The maximum Gasteiger partial charge on any atom is 0.224 e. The first kappa shape index (κ1) is 13.7. The molecular formula is C14H17N3OS. The van der Waals surface area contributed by atoms with E-state index in [9.17, 15) is 4.79 Å². The van der Waals surface area contributed by atoms with Gasteiger partial charge in [-0.15, -0.1) is 11.3 Å². The number of pyridine rings is 1. The number of carbonyl (C=O) groups is 1. The van der Waals surface area contributed by atoms with E-state index in [2.05, 4.69) is 34.5 Å². The molecule has 2 aromatic rings. The Morgan fingerprint density at radius 2 is 2.11 bits per heavy atom. The molecule has 5 heteroatoms. The summed E-state index contributed by atoms with van der Waals surface area (Å²) in [7, 11) is 0. The van der Waals surface area contributed by atoms with Crippen molar-refractivity contribution >= 4 is 17.2 Å². The number of aromatic nitrogens is 2. The van der Waals surface area contributed by atoms with E-state index in [1.54, 1.807) is 23.7 Å². The highest BCUT2D eigenvalue weighted by Gasteiger charge is 2.07. The predicted molar refractivity (Wildman–Crippen MR) is 76.0 cm³/mol. The zero-order valence-electron chi connectivity index (χ0n) is 11.1. The highest BCUT2D eigenvalue weighted by Crippen LogP contribution is 2.17. The van der Waals surface area contributed by atoms with Crippen LogP contribution in [0.5, 0.6) is 0 Å². The lowest BCUT2D eigenvalue weighted by atomic mass is 10.2. The van der Waals surface area contributed by atoms with Crippen LogP contribution in [0.15, 0.2) is 29.9 Å². The Kier molecular flexibility index (Phi) is 4.63. The molecule has 0 atom stereocenters. The third-order valence-electron chi connectivity index (χ3n) is 2.71. The topological polar surface area (TPSA) is 54.9 Å². The second-order valence-electron chi connectivity index (χ2n) is 4.63. The monoisotopic (exact) mass is 275 g/mol. The van der Waals surface area contributed by atoms with Gasteiger partial charge in [0.25, 0.3) is 0 Å². The van der Waals surface area contributed by atoms with E-state index in [1.807, 2.05) is 12.1 Å². The molecule has 1 N–H and O–H groups in total. The highest BCUT2D eigenvalue weighted by molar-refractivity contribution is 7.09. The Morgan fingerprint density at radius 3 is 2.74 bits per heavy atom. The molecule has 0 aliphatic carbocycles. The van der Waals surface area contributed by atoms with Gasteiger partial charge in [-0.3, -0.25) is 9.78 Å². The number of nitrogens with zero attached hydrogens (tertiary/aromatic N) is 2. The van der Waals surface area contributed by atoms with Crippen molar-refractivity contribution in [3.63, 3.8) is 0 Å². The van der Waals surface area contributed by atoms with Crippen LogP contribution >= 0.6 is 11.3 Å². The van der Waals surface area contributed by atoms with Crippen molar-refractivity contribution in [3.8, 4) is 0 Å². The van der Waals surface area contributed by atoms with Crippen LogP contribution in [-0.4, -0.2) is 15.9 Å². The van der Waals surface area contributed by atoms with Gasteiger partial charge in [-0.05, 0) is 23.6 Å². The Balaban J connectivity index is 1.83. The summed E-state index contributed by atoms with van der Waals surface area (Å²) in [6.45, 7) is 4.73. The molecule has 2 heterocycles. The molecule has 2 aromatic heterocycles. The van der Waals surface area contributed by atoms with Gasteiger partial charge >= 0.3 is 0 Å². The quantitative estimate of drug-likeness (QED) is 0.912. The molecule has 2 rings (SSSR count). The highest BCUT2D eigenvalue weighted by atomic mass is 32.1. The molecule has 0 unspecified atom stereocenters. The molecule has 100 valence electrons. The van der Waals surface area contributed by atoms with Crippen LogP contribution in [0.1, 0.15) is 36.0 Å². The Hall–Kier alpha value is -1.75. The van der Waals surface area contributed by atoms with E-state index in [1.165, 1.54) is 0 Å². The number of hydrogen-bond acceptors (Lipinski definition) is 4. The largest absolute Gasteiger partial charge is 0.349 e. The van der Waals surface area contributed by atoms with Crippen molar-refractivity contribution < 1.29 is 4.79 Å². The zero-order chi connectivity index (χ0) is 13.7. The van der Waals surface area contributed by atoms with Crippen molar-refractivity contribution in [2.45, 2.75) is 32.7 Å². The number of nitrogens with one attached hydrogen (secondary N) is 1. The van der Waals surface area contributed by atoms with Gasteiger partial charge in [-0.25, -0.2) is 4.98 Å². The Bertz CT molecular complexity index is 537. The smallest absolute Gasteiger partial charge is 0.224 e. The van der Waals surface area contributed by atoms with Crippen LogP contribution in [0, 0.1) is 0 Å². The van der Waals surface area contributed by atoms with E-state index < -0.39 is 0 Å². The number of rotatable bonds is 5. The SMILES string of the molecule is CC(C)c1csc(CNC(=O)Cc2ccncc2)n1. The first-order valence-corrected chi connectivity index (χ1v) is 7.13. The summed E-state index contributed by atoms with van der Waals surface area (Å²) in [5.41, 5.74) is 2.05. The maximum atomic E-state index is 11.8. The van der Waals surface area contributed by atoms with Gasteiger partial charge in [-0.1, -0.05) is 13.8 Å². The van der Waals surface area contributed by atoms with Gasteiger partial charge in [0, 0.05) is 17.8 Å². The molecule has 0 fully saturated rings. The molecule has 0 spiro atoms. The number of amides is 1. The standard InChI is InChI=1S/C14H17N3OS/c1-10(2)12-9-19-14(17-12)8-16-13(18)7-11-3-5-15-6-4-11/h3-6,9-10H,7-8H2,1-2H3,(H,16,18). The van der Waals surface area contributed by atoms with Crippen molar-refractivity contribution in [2.75, 3.05) is 0 Å². The predicted octanol–water partition coefficient (Wildman–Crippen LogP) is 2.52. The minimum Gasteiger partial charge on any atom is -0.349 e. The summed E-state index contributed by atoms with van der Waals surface area (Å²) >= 11 is 1.59. The molecule has 0 aliphatic rings. The van der Waals surface area contributed by atoms with E-state index >= 15 is 0 Å². The molecule has 0 aliphatic heterocycles. The lowest BCUT2D eigenvalue weighted by Crippen LogP contribution is -2.24. The van der Waals surface area contributed by atoms with E-state index in [-0.39, 0.29) is 5.91 Å². The van der Waals surface area contributed by atoms with Crippen LogP contribution in [0.4, 0.5) is 0 Å². The van der Waals surface area contributed by atoms with Crippen LogP contribution in [0.3, 0.4) is 0 Å². The minimum atomic E-state index is 0.00694. The number of thiazole rings is 1. The van der Waals surface area contributed by atoms with Crippen LogP contribution in [0.25, 0.3) is 0 Å². The Morgan fingerprint density at radius 1 is 1.37 bits per heavy atom. The van der Waals surface area contributed by atoms with E-state index in [0.29, 0.717) is 18.9 Å². The lowest BCUT2D eigenvalue weighted by Gasteiger charge is -2.03. The van der Waals surface area contributed by atoms with Gasteiger partial charge in [0.05, 0.1) is 18.7 Å². The molecule has 1 amide bonds. The fourth-order valence-corrected chi connectivity index (χ4v) is 2.49.